The fourth-order valence-corrected chi connectivity index (χ4v) is 13.6. The molecule has 430 valence electrons. The van der Waals surface area contributed by atoms with Crippen molar-refractivity contribution < 1.29 is 38.1 Å². The Morgan fingerprint density at radius 1 is 1.00 bits per heavy atom. The number of nitriles is 1. The van der Waals surface area contributed by atoms with Gasteiger partial charge in [-0.05, 0) is 133 Å². The zero-order valence-electron chi connectivity index (χ0n) is 46.8. The highest BCUT2D eigenvalue weighted by Gasteiger charge is 2.45. The van der Waals surface area contributed by atoms with Crippen LogP contribution in [0, 0.1) is 23.0 Å². The molecule has 12 rings (SSSR count). The molecule has 9 heterocycles. The number of fused-ring (bicyclic) bond motifs is 8. The number of nitrogens with zero attached hydrogens (tertiary/aromatic N) is 9. The topological polar surface area (TPSA) is 216 Å². The fourth-order valence-electron chi connectivity index (χ4n) is 12.4. The number of aliphatic hydroxyl groups is 1. The number of halogens is 3. The molecule has 1 amide bonds. The largest absolute Gasteiger partial charge is 0.508 e. The summed E-state index contributed by atoms with van der Waals surface area (Å²) in [5.74, 6) is -1.46. The number of thiophene rings is 1. The Labute approximate surface area is 483 Å². The molecule has 3 fully saturated rings. The van der Waals surface area contributed by atoms with E-state index in [9.17, 15) is 34.2 Å². The third-order valence-corrected chi connectivity index (χ3v) is 17.8. The van der Waals surface area contributed by atoms with Crippen LogP contribution in [-0.4, -0.2) is 128 Å². The average molecular weight is 1160 g/mol. The fraction of sp³-hybridized carbons (Fsp3) is 0.426. The maximum absolute atomic E-state index is 17.1. The zero-order valence-corrected chi connectivity index (χ0v) is 48.4. The molecule has 0 spiro atoms. The van der Waals surface area contributed by atoms with Crippen LogP contribution in [-0.2, 0) is 33.9 Å². The van der Waals surface area contributed by atoms with Crippen LogP contribution >= 0.6 is 22.9 Å². The quantitative estimate of drug-likeness (QED) is 0.0556. The lowest BCUT2D eigenvalue weighted by molar-refractivity contribution is -0.157. The molecular weight excluding hydrogens is 1090 g/mol. The molecular formula is C61H67ClF2N10O7S. The van der Waals surface area contributed by atoms with Crippen molar-refractivity contribution in [3.63, 3.8) is 0 Å². The van der Waals surface area contributed by atoms with Crippen LogP contribution in [0.4, 0.5) is 19.6 Å². The third-order valence-electron chi connectivity index (χ3n) is 16.5. The predicted octanol–water partition coefficient (Wildman–Crippen LogP) is 10.0. The van der Waals surface area contributed by atoms with Crippen molar-refractivity contribution in [2.24, 2.45) is 0 Å². The number of piperazine rings is 1. The second-order valence-corrected chi connectivity index (χ2v) is 23.0. The Balaban J connectivity index is 0.000000216. The number of carbonyl (C=O) groups is 2. The normalized spacial score (nSPS) is 16.9. The molecule has 3 aromatic carbocycles. The number of aromatic hydroxyl groups is 1. The van der Waals surface area contributed by atoms with Crippen LogP contribution in [0.5, 0.6) is 11.8 Å². The molecule has 0 saturated carbocycles. The molecule has 3 saturated heterocycles. The summed E-state index contributed by atoms with van der Waals surface area (Å²) in [5, 5.41) is 31.6. The van der Waals surface area contributed by atoms with E-state index in [2.05, 4.69) is 41.5 Å². The number of carbonyl (C=O) groups excluding carboxylic acids is 2. The van der Waals surface area contributed by atoms with Crippen molar-refractivity contribution in [1.82, 2.24) is 34.2 Å². The van der Waals surface area contributed by atoms with E-state index in [0.717, 1.165) is 104 Å². The van der Waals surface area contributed by atoms with Crippen molar-refractivity contribution in [1.29, 1.82) is 5.26 Å². The lowest BCUT2D eigenvalue weighted by Crippen LogP contribution is -2.49. The highest BCUT2D eigenvalue weighted by Crippen LogP contribution is 2.47. The van der Waals surface area contributed by atoms with Crippen molar-refractivity contribution in [3.05, 3.63) is 109 Å². The van der Waals surface area contributed by atoms with E-state index in [4.69, 9.17) is 36.8 Å². The van der Waals surface area contributed by atoms with Crippen LogP contribution in [0.1, 0.15) is 106 Å². The number of ether oxygens (including phenoxy) is 2. The highest BCUT2D eigenvalue weighted by atomic mass is 35.5. The number of nitrogen functional groups attached to an aromatic ring is 1. The summed E-state index contributed by atoms with van der Waals surface area (Å²) in [6, 6.07) is 13.1. The zero-order chi connectivity index (χ0) is 58.3. The van der Waals surface area contributed by atoms with E-state index in [1.165, 1.54) is 12.1 Å². The minimum atomic E-state index is -1.46. The number of unbranched alkanes of at least 4 members (excludes halogenated alkanes) is 2. The number of hydrogen-bond donors (Lipinski definition) is 3. The predicted molar refractivity (Wildman–Crippen MR) is 315 cm³/mol. The summed E-state index contributed by atoms with van der Waals surface area (Å²) in [4.78, 5) is 60.7. The molecule has 4 N–H and O–H groups in total. The molecule has 17 nitrogen and oxygen atoms in total. The van der Waals surface area contributed by atoms with E-state index in [1.54, 1.807) is 34.9 Å². The lowest BCUT2D eigenvalue weighted by Gasteiger charge is -2.36. The van der Waals surface area contributed by atoms with Gasteiger partial charge in [0.05, 0.1) is 49.8 Å². The van der Waals surface area contributed by atoms with Gasteiger partial charge in [0.2, 0.25) is 5.91 Å². The summed E-state index contributed by atoms with van der Waals surface area (Å²) >= 11 is 7.84. The molecule has 5 aliphatic rings. The second-order valence-electron chi connectivity index (χ2n) is 21.6. The highest BCUT2D eigenvalue weighted by molar-refractivity contribution is 7.23. The molecule has 1 unspecified atom stereocenters. The molecule has 82 heavy (non-hydrogen) atoms. The van der Waals surface area contributed by atoms with Crippen LogP contribution in [0.2, 0.25) is 5.02 Å². The van der Waals surface area contributed by atoms with Crippen LogP contribution < -0.4 is 20.9 Å². The van der Waals surface area contributed by atoms with Gasteiger partial charge >= 0.3 is 12.0 Å². The number of aromatic nitrogens is 4. The Bertz CT molecular complexity index is 3790. The monoisotopic (exact) mass is 1160 g/mol. The van der Waals surface area contributed by atoms with Gasteiger partial charge in [-0.15, -0.1) is 11.3 Å². The molecule has 0 aliphatic carbocycles. The smallest absolute Gasteiger partial charge is 0.340 e. The van der Waals surface area contributed by atoms with Crippen molar-refractivity contribution in [3.8, 4) is 40.3 Å². The first-order chi connectivity index (χ1) is 39.5. The van der Waals surface area contributed by atoms with E-state index < -0.39 is 23.7 Å². The number of phenolic OH excluding ortho intramolecular Hbond substituents is 1. The molecule has 0 radical (unpaired) electrons. The number of anilines is 2. The van der Waals surface area contributed by atoms with Crippen LogP contribution in [0.25, 0.3) is 54.4 Å². The number of aliphatic hydroxyl groups excluding tert-OH is 1. The van der Waals surface area contributed by atoms with Gasteiger partial charge < -0.3 is 44.7 Å². The number of rotatable bonds is 13. The van der Waals surface area contributed by atoms with E-state index in [1.807, 2.05) is 30.6 Å². The number of amides is 1. The van der Waals surface area contributed by atoms with E-state index in [0.29, 0.717) is 85.0 Å². The average Bonchev–Trinajstić information content (AvgIpc) is 4.42. The van der Waals surface area contributed by atoms with Gasteiger partial charge in [-0.25, -0.2) is 18.6 Å². The first kappa shape index (κ1) is 57.9. The number of cyclic esters (lactones) is 1. The molecule has 4 aromatic heterocycles. The second kappa shape index (κ2) is 23.9. The third kappa shape index (κ3) is 10.6. The molecule has 21 heteroatoms. The van der Waals surface area contributed by atoms with Gasteiger partial charge in [-0.2, -0.15) is 15.2 Å². The molecule has 0 bridgehead atoms. The Morgan fingerprint density at radius 2 is 1.74 bits per heavy atom. The number of nitrogens with two attached hydrogens (primary N) is 1. The standard InChI is InChI=1S/C39H45ClF2N8O2S.C20H16N2O5.C2H6/c1-24(9-5-4-6-14-47(2)3)37(51)49-19-17-48(18-20-49)36-26-21-28(40)31(25-10-11-29(41)34-30(25)27(22-43)35(44)53-34)32(42)33(26)45-38(46-36)52-23-39-12-7-15-50(39)16-8-13-39;1-2-10-11-5-9(23)3-4-15(11)21-17-13(10)7-22-16(17)6-12-14(19(22)25)8-27-20(26)18(12)24;1-2/h10-11,21H,1,4-9,12-20,23,44H2,2-3H3;3-6,18,23-24H,2,7-8H2,1H3;1-2H3. The van der Waals surface area contributed by atoms with Gasteiger partial charge in [0.15, 0.2) is 11.9 Å². The summed E-state index contributed by atoms with van der Waals surface area (Å²) in [6.45, 7) is 15.6. The van der Waals surface area contributed by atoms with Gasteiger partial charge in [0.1, 0.15) is 47.2 Å². The van der Waals surface area contributed by atoms with Crippen LogP contribution in [0.15, 0.2) is 59.4 Å². The summed E-state index contributed by atoms with van der Waals surface area (Å²) in [7, 11) is 4.11. The summed E-state index contributed by atoms with van der Waals surface area (Å²) in [6.07, 6.45) is 7.19. The Kier molecular flexibility index (Phi) is 16.9. The summed E-state index contributed by atoms with van der Waals surface area (Å²) < 4.78 is 45.1. The summed E-state index contributed by atoms with van der Waals surface area (Å²) in [5.41, 5.74) is 11.2. The van der Waals surface area contributed by atoms with E-state index >= 15 is 4.39 Å². The molecule has 1 atom stereocenters. The maximum Gasteiger partial charge on any atom is 0.340 e. The molecule has 7 aromatic rings. The number of phenols is 1. The van der Waals surface area contributed by atoms with Gasteiger partial charge in [0, 0.05) is 64.6 Å². The number of benzene rings is 3. The number of aryl methyl sites for hydroxylation is 1. The van der Waals surface area contributed by atoms with Crippen molar-refractivity contribution in [2.75, 3.05) is 77.1 Å². The SMILES string of the molecule is C=C(CCCCCN(C)C)C(=O)N1CCN(c2nc(OCC34CCCN3CCC4)nc3c(F)c(-c4ccc(F)c5sc(N)c(C#N)c45)c(Cl)cc23)CC1.CC.CCc1c2c(nc3ccc(O)cc13)-c1cc3c(c(=O)n1C2)COC(=O)C3O. The Hall–Kier alpha value is -7.28. The minimum absolute atomic E-state index is 0.00284. The number of hydrogen-bond acceptors (Lipinski definition) is 16. The number of esters is 1. The molecule has 5 aliphatic heterocycles. The first-order valence-corrected chi connectivity index (χ1v) is 29.3. The Morgan fingerprint density at radius 3 is 2.45 bits per heavy atom. The van der Waals surface area contributed by atoms with Crippen LogP contribution in [0.3, 0.4) is 0 Å². The van der Waals surface area contributed by atoms with Gasteiger partial charge in [0.25, 0.3) is 5.56 Å². The minimum Gasteiger partial charge on any atom is -0.508 e. The van der Waals surface area contributed by atoms with Gasteiger partial charge in [-0.1, -0.05) is 51.4 Å². The van der Waals surface area contributed by atoms with Crippen molar-refractivity contribution in [2.45, 2.75) is 103 Å². The first-order valence-electron chi connectivity index (χ1n) is 28.1. The van der Waals surface area contributed by atoms with Crippen molar-refractivity contribution >= 4 is 77.5 Å². The number of pyridine rings is 2. The van der Waals surface area contributed by atoms with Gasteiger partial charge in [-0.3, -0.25) is 14.5 Å². The van der Waals surface area contributed by atoms with E-state index in [-0.39, 0.29) is 77.7 Å². The maximum atomic E-state index is 17.1. The lowest BCUT2D eigenvalue weighted by atomic mass is 9.95.